The van der Waals surface area contributed by atoms with Crippen LogP contribution in [-0.4, -0.2) is 33.3 Å². The lowest BCUT2D eigenvalue weighted by molar-refractivity contribution is -0.119. The predicted octanol–water partition coefficient (Wildman–Crippen LogP) is -0.334. The number of carbonyl (C=O) groups excluding carboxylic acids is 1. The van der Waals surface area contributed by atoms with Gasteiger partial charge in [-0.2, -0.15) is 5.10 Å². The average molecular weight is 223 g/mol. The summed E-state index contributed by atoms with van der Waals surface area (Å²) in [6, 6.07) is 0.222. The van der Waals surface area contributed by atoms with Gasteiger partial charge in [-0.05, 0) is 6.42 Å². The third-order valence-electron chi connectivity index (χ3n) is 2.66. The van der Waals surface area contributed by atoms with E-state index in [1.165, 1.54) is 0 Å². The number of hydrogen-bond acceptors (Lipinski definition) is 4. The van der Waals surface area contributed by atoms with E-state index in [1.54, 1.807) is 6.33 Å². The first-order chi connectivity index (χ1) is 7.79. The SMILES string of the molecule is CCCn1ncnc1CNC1CNC(=O)C1. The second-order valence-electron chi connectivity index (χ2n) is 3.99. The van der Waals surface area contributed by atoms with Gasteiger partial charge >= 0.3 is 0 Å². The Bertz CT molecular complexity index is 362. The number of aryl methyl sites for hydroxylation is 1. The molecular weight excluding hydrogens is 206 g/mol. The maximum absolute atomic E-state index is 11.0. The molecule has 0 aromatic carbocycles. The zero-order chi connectivity index (χ0) is 11.4. The molecule has 1 unspecified atom stereocenters. The number of carbonyl (C=O) groups is 1. The van der Waals surface area contributed by atoms with E-state index in [9.17, 15) is 4.79 Å². The van der Waals surface area contributed by atoms with Crippen molar-refractivity contribution in [1.82, 2.24) is 25.4 Å². The summed E-state index contributed by atoms with van der Waals surface area (Å²) in [5.41, 5.74) is 0. The van der Waals surface area contributed by atoms with E-state index in [0.29, 0.717) is 19.5 Å². The Morgan fingerprint density at radius 2 is 2.56 bits per heavy atom. The van der Waals surface area contributed by atoms with Crippen LogP contribution in [0.1, 0.15) is 25.6 Å². The summed E-state index contributed by atoms with van der Waals surface area (Å²) in [6.07, 6.45) is 3.17. The summed E-state index contributed by atoms with van der Waals surface area (Å²) < 4.78 is 1.90. The normalized spacial score (nSPS) is 20.1. The van der Waals surface area contributed by atoms with Gasteiger partial charge in [0, 0.05) is 25.6 Å². The Labute approximate surface area is 94.4 Å². The van der Waals surface area contributed by atoms with Crippen LogP contribution in [-0.2, 0) is 17.9 Å². The second-order valence-corrected chi connectivity index (χ2v) is 3.99. The molecule has 0 saturated carbocycles. The maximum Gasteiger partial charge on any atom is 0.221 e. The van der Waals surface area contributed by atoms with E-state index >= 15 is 0 Å². The van der Waals surface area contributed by atoms with Crippen LogP contribution in [0.5, 0.6) is 0 Å². The van der Waals surface area contributed by atoms with Crippen LogP contribution in [0.4, 0.5) is 0 Å². The lowest BCUT2D eigenvalue weighted by Gasteiger charge is -2.10. The number of aromatic nitrogens is 3. The van der Waals surface area contributed by atoms with Gasteiger partial charge in [-0.1, -0.05) is 6.92 Å². The summed E-state index contributed by atoms with van der Waals surface area (Å²) in [5, 5.41) is 10.3. The second kappa shape index (κ2) is 5.07. The molecule has 16 heavy (non-hydrogen) atoms. The molecule has 6 nitrogen and oxygen atoms in total. The molecule has 0 spiro atoms. The molecule has 0 aliphatic carbocycles. The fourth-order valence-corrected chi connectivity index (χ4v) is 1.81. The molecule has 1 atom stereocenters. The maximum atomic E-state index is 11.0. The van der Waals surface area contributed by atoms with Crippen molar-refractivity contribution in [2.24, 2.45) is 0 Å². The summed E-state index contributed by atoms with van der Waals surface area (Å²) >= 11 is 0. The van der Waals surface area contributed by atoms with Crippen LogP contribution in [0, 0.1) is 0 Å². The van der Waals surface area contributed by atoms with Crippen LogP contribution in [0.15, 0.2) is 6.33 Å². The fourth-order valence-electron chi connectivity index (χ4n) is 1.81. The quantitative estimate of drug-likeness (QED) is 0.716. The minimum Gasteiger partial charge on any atom is -0.354 e. The van der Waals surface area contributed by atoms with Crippen LogP contribution >= 0.6 is 0 Å². The van der Waals surface area contributed by atoms with Gasteiger partial charge in [0.15, 0.2) is 0 Å². The number of hydrogen-bond donors (Lipinski definition) is 2. The lowest BCUT2D eigenvalue weighted by atomic mass is 10.2. The molecule has 88 valence electrons. The summed E-state index contributed by atoms with van der Waals surface area (Å²) in [6.45, 7) is 4.37. The molecule has 1 saturated heterocycles. The van der Waals surface area contributed by atoms with Gasteiger partial charge in [0.2, 0.25) is 5.91 Å². The average Bonchev–Trinajstić information content (AvgIpc) is 2.85. The minimum absolute atomic E-state index is 0.118. The number of amides is 1. The summed E-state index contributed by atoms with van der Waals surface area (Å²) in [5.74, 6) is 1.05. The molecular formula is C10H17N5O. The van der Waals surface area contributed by atoms with Crippen LogP contribution in [0.3, 0.4) is 0 Å². The Morgan fingerprint density at radius 3 is 3.25 bits per heavy atom. The molecule has 1 fully saturated rings. The Hall–Kier alpha value is -1.43. The monoisotopic (exact) mass is 223 g/mol. The Morgan fingerprint density at radius 1 is 1.69 bits per heavy atom. The largest absolute Gasteiger partial charge is 0.354 e. The molecule has 2 rings (SSSR count). The molecule has 1 aliphatic rings. The predicted molar refractivity (Wildman–Crippen MR) is 58.6 cm³/mol. The summed E-state index contributed by atoms with van der Waals surface area (Å²) in [7, 11) is 0. The van der Waals surface area contributed by atoms with Crippen molar-refractivity contribution < 1.29 is 4.79 Å². The van der Waals surface area contributed by atoms with E-state index in [2.05, 4.69) is 27.6 Å². The van der Waals surface area contributed by atoms with Crippen molar-refractivity contribution in [3.8, 4) is 0 Å². The highest BCUT2D eigenvalue weighted by Crippen LogP contribution is 2.01. The highest BCUT2D eigenvalue weighted by atomic mass is 16.1. The number of nitrogens with zero attached hydrogens (tertiary/aromatic N) is 3. The molecule has 1 amide bonds. The van der Waals surface area contributed by atoms with Crippen molar-refractivity contribution in [2.45, 2.75) is 38.9 Å². The van der Waals surface area contributed by atoms with Gasteiger partial charge in [0.1, 0.15) is 12.2 Å². The Balaban J connectivity index is 1.84. The van der Waals surface area contributed by atoms with E-state index in [-0.39, 0.29) is 11.9 Å². The zero-order valence-electron chi connectivity index (χ0n) is 9.44. The van der Waals surface area contributed by atoms with Gasteiger partial charge in [-0.3, -0.25) is 4.79 Å². The summed E-state index contributed by atoms with van der Waals surface area (Å²) in [4.78, 5) is 15.2. The van der Waals surface area contributed by atoms with Crippen molar-refractivity contribution in [2.75, 3.05) is 6.54 Å². The molecule has 0 bridgehead atoms. The van der Waals surface area contributed by atoms with E-state index in [0.717, 1.165) is 18.8 Å². The highest BCUT2D eigenvalue weighted by Gasteiger charge is 2.20. The Kier molecular flexibility index (Phi) is 3.51. The lowest BCUT2D eigenvalue weighted by Crippen LogP contribution is -2.31. The smallest absolute Gasteiger partial charge is 0.221 e. The van der Waals surface area contributed by atoms with Gasteiger partial charge in [-0.25, -0.2) is 9.67 Å². The van der Waals surface area contributed by atoms with Gasteiger partial charge < -0.3 is 10.6 Å². The third kappa shape index (κ3) is 2.57. The molecule has 6 heteroatoms. The van der Waals surface area contributed by atoms with E-state index in [4.69, 9.17) is 0 Å². The van der Waals surface area contributed by atoms with Crippen LogP contribution in [0.25, 0.3) is 0 Å². The van der Waals surface area contributed by atoms with Gasteiger partial charge in [-0.15, -0.1) is 0 Å². The van der Waals surface area contributed by atoms with Crippen molar-refractivity contribution in [3.63, 3.8) is 0 Å². The molecule has 1 aromatic rings. The number of nitrogens with one attached hydrogen (secondary N) is 2. The zero-order valence-corrected chi connectivity index (χ0v) is 9.44. The molecule has 1 aromatic heterocycles. The van der Waals surface area contributed by atoms with Crippen molar-refractivity contribution in [3.05, 3.63) is 12.2 Å². The first kappa shape index (κ1) is 11.1. The first-order valence-corrected chi connectivity index (χ1v) is 5.66. The van der Waals surface area contributed by atoms with Gasteiger partial charge in [0.05, 0.1) is 6.54 Å². The molecule has 2 N–H and O–H groups in total. The fraction of sp³-hybridized carbons (Fsp3) is 0.700. The van der Waals surface area contributed by atoms with Gasteiger partial charge in [0.25, 0.3) is 0 Å². The third-order valence-corrected chi connectivity index (χ3v) is 2.66. The topological polar surface area (TPSA) is 71.8 Å². The van der Waals surface area contributed by atoms with Crippen molar-refractivity contribution in [1.29, 1.82) is 0 Å². The molecule has 0 radical (unpaired) electrons. The molecule has 1 aliphatic heterocycles. The van der Waals surface area contributed by atoms with Crippen LogP contribution < -0.4 is 10.6 Å². The van der Waals surface area contributed by atoms with E-state index < -0.39 is 0 Å². The molecule has 2 heterocycles. The van der Waals surface area contributed by atoms with Crippen LogP contribution in [0.2, 0.25) is 0 Å². The number of rotatable bonds is 5. The van der Waals surface area contributed by atoms with E-state index in [1.807, 2.05) is 4.68 Å². The minimum atomic E-state index is 0.118. The first-order valence-electron chi connectivity index (χ1n) is 5.66. The highest BCUT2D eigenvalue weighted by molar-refractivity contribution is 5.78. The standard InChI is InChI=1S/C10H17N5O/c1-2-3-15-9(13-7-14-15)6-11-8-4-10(16)12-5-8/h7-8,11H,2-6H2,1H3,(H,12,16). The van der Waals surface area contributed by atoms with Crippen molar-refractivity contribution >= 4 is 5.91 Å².